The zero-order valence-electron chi connectivity index (χ0n) is 14.0. The minimum atomic E-state index is 0.162. The van der Waals surface area contributed by atoms with E-state index >= 15 is 0 Å². The molecule has 1 atom stereocenters. The van der Waals surface area contributed by atoms with E-state index in [-0.39, 0.29) is 11.5 Å². The van der Waals surface area contributed by atoms with Crippen LogP contribution in [0, 0.1) is 5.41 Å². The number of rotatable bonds is 6. The van der Waals surface area contributed by atoms with E-state index in [1.165, 1.54) is 5.56 Å². The summed E-state index contributed by atoms with van der Waals surface area (Å²) in [5.74, 6) is 1.53. The normalized spacial score (nSPS) is 21.4. The van der Waals surface area contributed by atoms with Gasteiger partial charge < -0.3 is 15.2 Å². The van der Waals surface area contributed by atoms with Crippen LogP contribution < -0.4 is 15.2 Å². The second-order valence-corrected chi connectivity index (χ2v) is 6.68. The van der Waals surface area contributed by atoms with E-state index in [1.54, 1.807) is 13.2 Å². The molecule has 1 saturated heterocycles. The molecule has 1 fully saturated rings. The minimum absolute atomic E-state index is 0.162. The second-order valence-electron chi connectivity index (χ2n) is 6.68. The highest BCUT2D eigenvalue weighted by molar-refractivity contribution is 5.43. The summed E-state index contributed by atoms with van der Waals surface area (Å²) in [6.45, 7) is 11.6. The molecule has 1 unspecified atom stereocenters. The Kier molecular flexibility index (Phi) is 5.48. The predicted molar refractivity (Wildman–Crippen MR) is 90.3 cm³/mol. The van der Waals surface area contributed by atoms with Crippen molar-refractivity contribution in [2.24, 2.45) is 11.1 Å². The first kappa shape index (κ1) is 16.8. The SMILES string of the molecule is C=CCOc1ccc(CN2CCC(N)C(C)(C)C2)cc1OC. The molecule has 2 N–H and O–H groups in total. The van der Waals surface area contributed by atoms with E-state index in [9.17, 15) is 0 Å². The maximum absolute atomic E-state index is 6.21. The number of piperidine rings is 1. The topological polar surface area (TPSA) is 47.7 Å². The van der Waals surface area contributed by atoms with Crippen LogP contribution in [0.3, 0.4) is 0 Å². The Labute approximate surface area is 133 Å². The Morgan fingerprint density at radius 1 is 1.41 bits per heavy atom. The Balaban J connectivity index is 2.05. The maximum atomic E-state index is 6.21. The van der Waals surface area contributed by atoms with E-state index in [2.05, 4.69) is 37.5 Å². The molecule has 1 aliphatic heterocycles. The van der Waals surface area contributed by atoms with E-state index in [4.69, 9.17) is 15.2 Å². The first-order valence-electron chi connectivity index (χ1n) is 7.85. The summed E-state index contributed by atoms with van der Waals surface area (Å²) >= 11 is 0. The summed E-state index contributed by atoms with van der Waals surface area (Å²) in [5.41, 5.74) is 7.60. The van der Waals surface area contributed by atoms with Crippen molar-refractivity contribution in [3.8, 4) is 11.5 Å². The molecule has 1 heterocycles. The molecule has 1 aliphatic rings. The van der Waals surface area contributed by atoms with Gasteiger partial charge in [-0.15, -0.1) is 0 Å². The van der Waals surface area contributed by atoms with Crippen LogP contribution in [0.4, 0.5) is 0 Å². The molecule has 0 spiro atoms. The minimum Gasteiger partial charge on any atom is -0.493 e. The molecular formula is C18H28N2O2. The quantitative estimate of drug-likeness (QED) is 0.821. The average molecular weight is 304 g/mol. The van der Waals surface area contributed by atoms with Crippen LogP contribution in [0.5, 0.6) is 11.5 Å². The van der Waals surface area contributed by atoms with Crippen LogP contribution in [0.15, 0.2) is 30.9 Å². The summed E-state index contributed by atoms with van der Waals surface area (Å²) in [6.07, 6.45) is 2.77. The fourth-order valence-corrected chi connectivity index (χ4v) is 2.96. The molecule has 2 rings (SSSR count). The van der Waals surface area contributed by atoms with Crippen molar-refractivity contribution in [1.82, 2.24) is 4.90 Å². The van der Waals surface area contributed by atoms with Gasteiger partial charge in [0.05, 0.1) is 7.11 Å². The van der Waals surface area contributed by atoms with Gasteiger partial charge in [-0.05, 0) is 29.5 Å². The largest absolute Gasteiger partial charge is 0.493 e. The van der Waals surface area contributed by atoms with Gasteiger partial charge in [-0.2, -0.15) is 0 Å². The Morgan fingerprint density at radius 2 is 2.18 bits per heavy atom. The zero-order valence-corrected chi connectivity index (χ0v) is 14.0. The highest BCUT2D eigenvalue weighted by atomic mass is 16.5. The standard InChI is InChI=1S/C18H28N2O2/c1-5-10-22-15-7-6-14(11-16(15)21-4)12-20-9-8-17(19)18(2,3)13-20/h5-7,11,17H,1,8-10,12-13,19H2,2-4H3. The second kappa shape index (κ2) is 7.16. The fraction of sp³-hybridized carbons (Fsp3) is 0.556. The molecule has 22 heavy (non-hydrogen) atoms. The molecule has 0 amide bonds. The molecule has 0 bridgehead atoms. The number of hydrogen-bond acceptors (Lipinski definition) is 4. The van der Waals surface area contributed by atoms with Crippen molar-refractivity contribution in [1.29, 1.82) is 0 Å². The van der Waals surface area contributed by atoms with E-state index in [0.717, 1.165) is 37.6 Å². The summed E-state index contributed by atoms with van der Waals surface area (Å²) in [7, 11) is 1.67. The van der Waals surface area contributed by atoms with Gasteiger partial charge in [0, 0.05) is 25.7 Å². The van der Waals surface area contributed by atoms with Gasteiger partial charge in [-0.1, -0.05) is 32.6 Å². The van der Waals surface area contributed by atoms with Crippen LogP contribution in [-0.4, -0.2) is 37.7 Å². The third-order valence-electron chi connectivity index (χ3n) is 4.38. The average Bonchev–Trinajstić information content (AvgIpc) is 2.49. The van der Waals surface area contributed by atoms with Crippen molar-refractivity contribution in [2.45, 2.75) is 32.9 Å². The van der Waals surface area contributed by atoms with Gasteiger partial charge in [0.25, 0.3) is 0 Å². The van der Waals surface area contributed by atoms with Crippen LogP contribution in [0.25, 0.3) is 0 Å². The number of likely N-dealkylation sites (tertiary alicyclic amines) is 1. The molecule has 4 heteroatoms. The lowest BCUT2D eigenvalue weighted by molar-refractivity contribution is 0.0898. The first-order chi connectivity index (χ1) is 10.5. The number of benzene rings is 1. The molecular weight excluding hydrogens is 276 g/mol. The summed E-state index contributed by atoms with van der Waals surface area (Å²) in [6, 6.07) is 6.41. The van der Waals surface area contributed by atoms with Crippen molar-refractivity contribution in [3.05, 3.63) is 36.4 Å². The summed E-state index contributed by atoms with van der Waals surface area (Å²) in [4.78, 5) is 2.46. The molecule has 1 aromatic carbocycles. The van der Waals surface area contributed by atoms with Gasteiger partial charge in [-0.3, -0.25) is 4.90 Å². The predicted octanol–water partition coefficient (Wildman–Crippen LogP) is 2.82. The molecule has 122 valence electrons. The van der Waals surface area contributed by atoms with E-state index < -0.39 is 0 Å². The van der Waals surface area contributed by atoms with Crippen molar-refractivity contribution >= 4 is 0 Å². The van der Waals surface area contributed by atoms with Gasteiger partial charge in [0.1, 0.15) is 6.61 Å². The van der Waals surface area contributed by atoms with E-state index in [1.807, 2.05) is 6.07 Å². The zero-order chi connectivity index (χ0) is 16.2. The molecule has 4 nitrogen and oxygen atoms in total. The summed E-state index contributed by atoms with van der Waals surface area (Å²) < 4.78 is 11.0. The Hall–Kier alpha value is -1.52. The molecule has 0 saturated carbocycles. The van der Waals surface area contributed by atoms with Gasteiger partial charge in [0.15, 0.2) is 11.5 Å². The van der Waals surface area contributed by atoms with Gasteiger partial charge in [0.2, 0.25) is 0 Å². The third kappa shape index (κ3) is 4.02. The third-order valence-corrected chi connectivity index (χ3v) is 4.38. The number of ether oxygens (including phenoxy) is 2. The lowest BCUT2D eigenvalue weighted by Crippen LogP contribution is -2.52. The molecule has 0 aromatic heterocycles. The molecule has 0 radical (unpaired) electrons. The van der Waals surface area contributed by atoms with Crippen LogP contribution in [0.2, 0.25) is 0 Å². The lowest BCUT2D eigenvalue weighted by Gasteiger charge is -2.42. The van der Waals surface area contributed by atoms with E-state index in [0.29, 0.717) is 6.61 Å². The lowest BCUT2D eigenvalue weighted by atomic mass is 9.79. The fourth-order valence-electron chi connectivity index (χ4n) is 2.96. The highest BCUT2D eigenvalue weighted by Gasteiger charge is 2.33. The number of nitrogens with two attached hydrogens (primary N) is 1. The monoisotopic (exact) mass is 304 g/mol. The van der Waals surface area contributed by atoms with Crippen molar-refractivity contribution < 1.29 is 9.47 Å². The first-order valence-corrected chi connectivity index (χ1v) is 7.85. The Bertz CT molecular complexity index is 514. The van der Waals surface area contributed by atoms with Gasteiger partial charge in [-0.25, -0.2) is 0 Å². The van der Waals surface area contributed by atoms with Crippen molar-refractivity contribution in [3.63, 3.8) is 0 Å². The highest BCUT2D eigenvalue weighted by Crippen LogP contribution is 2.31. The molecule has 0 aliphatic carbocycles. The van der Waals surface area contributed by atoms with Gasteiger partial charge >= 0.3 is 0 Å². The van der Waals surface area contributed by atoms with Crippen LogP contribution in [-0.2, 0) is 6.54 Å². The van der Waals surface area contributed by atoms with Crippen LogP contribution in [0.1, 0.15) is 25.8 Å². The summed E-state index contributed by atoms with van der Waals surface area (Å²) in [5, 5.41) is 0. The molecule has 1 aromatic rings. The van der Waals surface area contributed by atoms with Crippen LogP contribution >= 0.6 is 0 Å². The van der Waals surface area contributed by atoms with Crippen molar-refractivity contribution in [2.75, 3.05) is 26.8 Å². The maximum Gasteiger partial charge on any atom is 0.161 e. The Morgan fingerprint density at radius 3 is 2.82 bits per heavy atom. The number of methoxy groups -OCH3 is 1. The number of hydrogen-bond donors (Lipinski definition) is 1. The number of nitrogens with zero attached hydrogens (tertiary/aromatic N) is 1. The smallest absolute Gasteiger partial charge is 0.161 e.